The lowest BCUT2D eigenvalue weighted by Gasteiger charge is -2.30. The van der Waals surface area contributed by atoms with E-state index in [1.165, 1.54) is 34.9 Å². The normalized spacial score (nSPS) is 15.2. The van der Waals surface area contributed by atoms with E-state index in [4.69, 9.17) is 21.3 Å². The molecule has 1 fully saturated rings. The highest BCUT2D eigenvalue weighted by Crippen LogP contribution is 2.34. The van der Waals surface area contributed by atoms with Crippen molar-refractivity contribution in [2.24, 2.45) is 5.92 Å². The lowest BCUT2D eigenvalue weighted by Crippen LogP contribution is -2.41. The van der Waals surface area contributed by atoms with E-state index < -0.39 is 10.0 Å². The molecule has 37 heavy (non-hydrogen) atoms. The van der Waals surface area contributed by atoms with E-state index in [0.717, 1.165) is 21.5 Å². The van der Waals surface area contributed by atoms with Crippen LogP contribution >= 0.6 is 22.9 Å². The van der Waals surface area contributed by atoms with Crippen molar-refractivity contribution in [3.63, 3.8) is 0 Å². The molecule has 12 heteroatoms. The molecule has 1 N–H and O–H groups in total. The fourth-order valence-corrected chi connectivity index (χ4v) is 7.15. The van der Waals surface area contributed by atoms with Gasteiger partial charge >= 0.3 is 0 Å². The molecule has 1 aliphatic heterocycles. The SMILES string of the molecule is COc1ccc(S(=O)(=O)N2CCC(C(=O)Nc3cc(C)nn3-c3nc4c(C)ccc(Cl)c4s3)CC2)cc1. The number of piperidine rings is 1. The second kappa shape index (κ2) is 10.1. The first-order chi connectivity index (χ1) is 17.7. The van der Waals surface area contributed by atoms with Gasteiger partial charge in [-0.05, 0) is 62.6 Å². The Morgan fingerprint density at radius 2 is 1.84 bits per heavy atom. The fraction of sp³-hybridized carbons (Fsp3) is 0.320. The molecular weight excluding hydrogens is 534 g/mol. The average molecular weight is 560 g/mol. The van der Waals surface area contributed by atoms with Crippen LogP contribution in [0.25, 0.3) is 15.3 Å². The van der Waals surface area contributed by atoms with Crippen molar-refractivity contribution in [1.29, 1.82) is 0 Å². The third-order valence-corrected chi connectivity index (χ3v) is 9.88. The van der Waals surface area contributed by atoms with Gasteiger partial charge in [-0.25, -0.2) is 13.4 Å². The van der Waals surface area contributed by atoms with Crippen molar-refractivity contribution in [1.82, 2.24) is 19.1 Å². The number of aromatic nitrogens is 3. The number of carbonyl (C=O) groups excluding carboxylic acids is 1. The second-order valence-electron chi connectivity index (χ2n) is 8.96. The lowest BCUT2D eigenvalue weighted by atomic mass is 9.97. The zero-order valence-electron chi connectivity index (χ0n) is 20.6. The number of rotatable bonds is 6. The van der Waals surface area contributed by atoms with Crippen molar-refractivity contribution in [3.8, 4) is 10.9 Å². The Morgan fingerprint density at radius 3 is 2.49 bits per heavy atom. The molecule has 3 heterocycles. The fourth-order valence-electron chi connectivity index (χ4n) is 4.40. The van der Waals surface area contributed by atoms with Crippen LogP contribution in [-0.2, 0) is 14.8 Å². The highest BCUT2D eigenvalue weighted by molar-refractivity contribution is 7.89. The van der Waals surface area contributed by atoms with Crippen LogP contribution in [0.5, 0.6) is 5.75 Å². The highest BCUT2D eigenvalue weighted by atomic mass is 35.5. The van der Waals surface area contributed by atoms with Gasteiger partial charge in [0.1, 0.15) is 11.6 Å². The van der Waals surface area contributed by atoms with E-state index in [0.29, 0.717) is 34.6 Å². The van der Waals surface area contributed by atoms with Crippen molar-refractivity contribution in [2.75, 3.05) is 25.5 Å². The van der Waals surface area contributed by atoms with E-state index in [-0.39, 0.29) is 29.8 Å². The van der Waals surface area contributed by atoms with Crippen molar-refractivity contribution < 1.29 is 17.9 Å². The molecule has 0 spiro atoms. The zero-order valence-corrected chi connectivity index (χ0v) is 23.0. The number of sulfonamides is 1. The number of nitrogens with one attached hydrogen (secondary N) is 1. The summed E-state index contributed by atoms with van der Waals surface area (Å²) in [4.78, 5) is 18.1. The molecule has 0 unspecified atom stereocenters. The molecule has 4 aromatic rings. The Kier molecular flexibility index (Phi) is 6.97. The first kappa shape index (κ1) is 25.7. The summed E-state index contributed by atoms with van der Waals surface area (Å²) in [7, 11) is -2.11. The summed E-state index contributed by atoms with van der Waals surface area (Å²) < 4.78 is 35.1. The number of anilines is 1. The van der Waals surface area contributed by atoms with E-state index in [1.54, 1.807) is 22.9 Å². The maximum Gasteiger partial charge on any atom is 0.243 e. The molecule has 9 nitrogen and oxygen atoms in total. The van der Waals surface area contributed by atoms with E-state index in [1.807, 2.05) is 26.0 Å². The molecule has 0 radical (unpaired) electrons. The number of carbonyl (C=O) groups is 1. The number of aryl methyl sites for hydroxylation is 2. The van der Waals surface area contributed by atoms with Crippen molar-refractivity contribution in [2.45, 2.75) is 31.6 Å². The molecule has 1 amide bonds. The van der Waals surface area contributed by atoms with Gasteiger partial charge in [-0.15, -0.1) is 0 Å². The third kappa shape index (κ3) is 4.96. The van der Waals surface area contributed by atoms with Crippen molar-refractivity contribution >= 4 is 54.9 Å². The molecule has 0 bridgehead atoms. The van der Waals surface area contributed by atoms with Gasteiger partial charge in [0.15, 0.2) is 0 Å². The number of benzene rings is 2. The van der Waals surface area contributed by atoms with Crippen LogP contribution in [-0.4, -0.2) is 53.6 Å². The average Bonchev–Trinajstić information content (AvgIpc) is 3.51. The minimum Gasteiger partial charge on any atom is -0.497 e. The van der Waals surface area contributed by atoms with Gasteiger partial charge in [-0.3, -0.25) is 4.79 Å². The summed E-state index contributed by atoms with van der Waals surface area (Å²) in [5.41, 5.74) is 2.55. The number of amides is 1. The number of thiazole rings is 1. The molecule has 0 aliphatic carbocycles. The van der Waals surface area contributed by atoms with Gasteiger partial charge < -0.3 is 10.1 Å². The maximum absolute atomic E-state index is 13.2. The standard InChI is InChI=1S/C25H26ClN5O4S2/c1-15-4-9-20(26)23-22(15)28-25(36-23)31-21(14-16(2)29-31)27-24(32)17-10-12-30(13-11-17)37(33,34)19-7-5-18(35-3)6-8-19/h4-9,14,17H,10-13H2,1-3H3,(H,27,32). The largest absolute Gasteiger partial charge is 0.497 e. The predicted octanol–water partition coefficient (Wildman–Crippen LogP) is 4.80. The number of ether oxygens (including phenoxy) is 1. The maximum atomic E-state index is 13.2. The summed E-state index contributed by atoms with van der Waals surface area (Å²) in [5, 5.41) is 8.75. The van der Waals surface area contributed by atoms with E-state index in [2.05, 4.69) is 10.4 Å². The third-order valence-electron chi connectivity index (χ3n) is 6.47. The lowest BCUT2D eigenvalue weighted by molar-refractivity contribution is -0.120. The minimum absolute atomic E-state index is 0.169. The van der Waals surface area contributed by atoms with Gasteiger partial charge in [-0.2, -0.15) is 14.1 Å². The monoisotopic (exact) mass is 559 g/mol. The second-order valence-corrected chi connectivity index (χ2v) is 12.3. The van der Waals surface area contributed by atoms with Crippen molar-refractivity contribution in [3.05, 3.63) is 58.7 Å². The topological polar surface area (TPSA) is 106 Å². The van der Waals surface area contributed by atoms with Gasteiger partial charge in [0.2, 0.25) is 21.1 Å². The van der Waals surface area contributed by atoms with Gasteiger partial charge in [-0.1, -0.05) is 29.0 Å². The number of halogens is 1. The van der Waals surface area contributed by atoms with Crippen LogP contribution in [0.2, 0.25) is 5.02 Å². The van der Waals surface area contributed by atoms with Gasteiger partial charge in [0.05, 0.1) is 32.9 Å². The smallest absolute Gasteiger partial charge is 0.243 e. The first-order valence-corrected chi connectivity index (χ1v) is 14.4. The van der Waals surface area contributed by atoms with Gasteiger partial charge in [0, 0.05) is 25.1 Å². The Bertz CT molecular complexity index is 1530. The summed E-state index contributed by atoms with van der Waals surface area (Å²) in [5.74, 6) is 0.618. The van der Waals surface area contributed by atoms with Gasteiger partial charge in [0.25, 0.3) is 0 Å². The number of fused-ring (bicyclic) bond motifs is 1. The molecular formula is C25H26ClN5O4S2. The number of nitrogens with zero attached hydrogens (tertiary/aromatic N) is 4. The van der Waals surface area contributed by atoms with Crippen LogP contribution in [0.4, 0.5) is 5.82 Å². The quantitative estimate of drug-likeness (QED) is 0.364. The summed E-state index contributed by atoms with van der Waals surface area (Å²) in [6.07, 6.45) is 0.842. The van der Waals surface area contributed by atoms with Crippen LogP contribution in [0.1, 0.15) is 24.1 Å². The zero-order chi connectivity index (χ0) is 26.3. The Balaban J connectivity index is 1.29. The Morgan fingerprint density at radius 1 is 1.14 bits per heavy atom. The minimum atomic E-state index is -3.64. The summed E-state index contributed by atoms with van der Waals surface area (Å²) >= 11 is 7.79. The Hall–Kier alpha value is -2.99. The molecule has 1 saturated heterocycles. The number of hydrogen-bond donors (Lipinski definition) is 1. The summed E-state index contributed by atoms with van der Waals surface area (Å²) in [6.45, 7) is 4.35. The van der Waals surface area contributed by atoms with Crippen LogP contribution in [0.15, 0.2) is 47.4 Å². The molecule has 5 rings (SSSR count). The van der Waals surface area contributed by atoms with Crippen LogP contribution in [0.3, 0.4) is 0 Å². The number of hydrogen-bond acceptors (Lipinski definition) is 7. The van der Waals surface area contributed by atoms with Crippen LogP contribution in [0, 0.1) is 19.8 Å². The number of methoxy groups -OCH3 is 1. The molecule has 2 aromatic carbocycles. The predicted molar refractivity (Wildman–Crippen MR) is 144 cm³/mol. The molecule has 0 saturated carbocycles. The Labute approximate surface area is 224 Å². The molecule has 0 atom stereocenters. The molecule has 194 valence electrons. The molecule has 2 aromatic heterocycles. The first-order valence-electron chi connectivity index (χ1n) is 11.7. The molecule has 1 aliphatic rings. The van der Waals surface area contributed by atoms with E-state index >= 15 is 0 Å². The van der Waals surface area contributed by atoms with E-state index in [9.17, 15) is 13.2 Å². The highest BCUT2D eigenvalue weighted by Gasteiger charge is 2.32. The van der Waals surface area contributed by atoms with Crippen LogP contribution < -0.4 is 10.1 Å². The summed E-state index contributed by atoms with van der Waals surface area (Å²) in [6, 6.07) is 11.9.